The van der Waals surface area contributed by atoms with E-state index < -0.39 is 18.1 Å². The van der Waals surface area contributed by atoms with E-state index in [1.54, 1.807) is 0 Å². The monoisotopic (exact) mass is 572 g/mol. The average molecular weight is 573 g/mol. The fourth-order valence-corrected chi connectivity index (χ4v) is 5.41. The lowest BCUT2D eigenvalue weighted by Gasteiger charge is -2.27. The molecule has 0 saturated carbocycles. The van der Waals surface area contributed by atoms with Crippen LogP contribution in [0.4, 0.5) is 0 Å². The lowest BCUT2D eigenvalue weighted by atomic mass is 9.97. The van der Waals surface area contributed by atoms with Crippen molar-refractivity contribution in [2.75, 3.05) is 19.7 Å². The van der Waals surface area contributed by atoms with Gasteiger partial charge in [0, 0.05) is 13.1 Å². The molecule has 3 atom stereocenters. The van der Waals surface area contributed by atoms with Gasteiger partial charge in [-0.05, 0) is 59.6 Å². The molecule has 0 radical (unpaired) electrons. The summed E-state index contributed by atoms with van der Waals surface area (Å²) in [6.45, 7) is 7.08. The first-order valence-electron chi connectivity index (χ1n) is 15.2. The highest BCUT2D eigenvalue weighted by Crippen LogP contribution is 2.21. The topological polar surface area (TPSA) is 109 Å². The number of ether oxygens (including phenoxy) is 1. The minimum absolute atomic E-state index is 0.178. The smallest absolute Gasteiger partial charge is 0.243 e. The maximum absolute atomic E-state index is 13.8. The number of fused-ring (bicyclic) bond motifs is 2. The van der Waals surface area contributed by atoms with Gasteiger partial charge in [-0.15, -0.1) is 0 Å². The van der Waals surface area contributed by atoms with Crippen LogP contribution in [0.2, 0.25) is 0 Å². The minimum Gasteiger partial charge on any atom is -0.492 e. The Morgan fingerprint density at radius 2 is 1.60 bits per heavy atom. The van der Waals surface area contributed by atoms with Gasteiger partial charge in [-0.2, -0.15) is 0 Å². The highest BCUT2D eigenvalue weighted by atomic mass is 16.5. The van der Waals surface area contributed by atoms with Crippen molar-refractivity contribution >= 4 is 28.5 Å². The van der Waals surface area contributed by atoms with E-state index in [4.69, 9.17) is 4.74 Å². The first kappa shape index (κ1) is 31.0. The van der Waals surface area contributed by atoms with Crippen LogP contribution in [-0.4, -0.2) is 55.5 Å². The number of hydrogen-bond donors (Lipinski definition) is 4. The summed E-state index contributed by atoms with van der Waals surface area (Å²) in [5, 5.41) is 14.5. The van der Waals surface area contributed by atoms with Crippen molar-refractivity contribution in [3.8, 4) is 5.75 Å². The van der Waals surface area contributed by atoms with Crippen LogP contribution in [0.25, 0.3) is 10.8 Å². The number of carbonyl (C=O) groups excluding carboxylic acids is 3. The lowest BCUT2D eigenvalue weighted by Crippen LogP contribution is -2.58. The standard InChI is InChI=1S/C34H44N4O4/c1-4-11-28-32(39)36-19-10-16-25-13-6-8-18-30(25)42-21-20-35-29(33(40)38-31(23(2)3)34(41)37-28)22-26-15-9-14-24-12-5-7-17-27(24)26/h5-9,12-15,17-18,23,28-29,31,35H,4,10-11,16,19-22H2,1-3H3,(H,36,39)(H,37,41)(H,38,40)/t28-,29+,31+/m0/s1. The van der Waals surface area contributed by atoms with Gasteiger partial charge < -0.3 is 26.0 Å². The molecule has 8 heteroatoms. The van der Waals surface area contributed by atoms with E-state index in [9.17, 15) is 14.4 Å². The molecule has 8 nitrogen and oxygen atoms in total. The molecule has 3 aromatic rings. The summed E-state index contributed by atoms with van der Waals surface area (Å²) in [6.07, 6.45) is 3.18. The second-order valence-corrected chi connectivity index (χ2v) is 11.3. The van der Waals surface area contributed by atoms with Crippen LogP contribution in [-0.2, 0) is 27.2 Å². The summed E-state index contributed by atoms with van der Waals surface area (Å²) in [5.74, 6) is -0.204. The number of hydrogen-bond acceptors (Lipinski definition) is 5. The number of nitrogens with one attached hydrogen (secondary N) is 4. The highest BCUT2D eigenvalue weighted by Gasteiger charge is 2.31. The molecule has 0 fully saturated rings. The molecule has 42 heavy (non-hydrogen) atoms. The van der Waals surface area contributed by atoms with Crippen LogP contribution in [0.15, 0.2) is 66.7 Å². The normalized spacial score (nSPS) is 21.3. The molecule has 0 aliphatic carbocycles. The summed E-state index contributed by atoms with van der Waals surface area (Å²) in [5.41, 5.74) is 2.11. The Bertz CT molecular complexity index is 1350. The SMILES string of the molecule is CCC[C@@H]1NC(=O)[C@@H](C(C)C)NC(=O)[C@@H](Cc2cccc3ccccc23)NCCOc2ccccc2CCCNC1=O. The molecular weight excluding hydrogens is 528 g/mol. The van der Waals surface area contributed by atoms with Gasteiger partial charge in [0.25, 0.3) is 0 Å². The third-order valence-electron chi connectivity index (χ3n) is 7.72. The largest absolute Gasteiger partial charge is 0.492 e. The highest BCUT2D eigenvalue weighted by molar-refractivity contribution is 5.93. The number of aryl methyl sites for hydroxylation is 1. The number of para-hydroxylation sites is 1. The van der Waals surface area contributed by atoms with Gasteiger partial charge in [-0.3, -0.25) is 14.4 Å². The van der Waals surface area contributed by atoms with E-state index >= 15 is 0 Å². The van der Waals surface area contributed by atoms with Gasteiger partial charge >= 0.3 is 0 Å². The van der Waals surface area contributed by atoms with E-state index in [2.05, 4.69) is 39.5 Å². The van der Waals surface area contributed by atoms with Crippen LogP contribution < -0.4 is 26.0 Å². The molecule has 4 N–H and O–H groups in total. The molecule has 224 valence electrons. The first-order chi connectivity index (χ1) is 20.4. The molecule has 0 unspecified atom stereocenters. The first-order valence-corrected chi connectivity index (χ1v) is 15.2. The van der Waals surface area contributed by atoms with Crippen molar-refractivity contribution in [1.29, 1.82) is 0 Å². The third-order valence-corrected chi connectivity index (χ3v) is 7.72. The number of carbonyl (C=O) groups is 3. The molecule has 1 heterocycles. The second kappa shape index (κ2) is 15.4. The van der Waals surface area contributed by atoms with Gasteiger partial charge in [-0.1, -0.05) is 87.9 Å². The van der Waals surface area contributed by atoms with Crippen molar-refractivity contribution in [2.45, 2.75) is 71.0 Å². The predicted octanol–water partition coefficient (Wildman–Crippen LogP) is 3.91. The Kier molecular flexibility index (Phi) is 11.3. The number of rotatable bonds is 5. The second-order valence-electron chi connectivity index (χ2n) is 11.3. The molecule has 3 amide bonds. The molecule has 0 spiro atoms. The summed E-state index contributed by atoms with van der Waals surface area (Å²) in [4.78, 5) is 40.3. The van der Waals surface area contributed by atoms with Crippen LogP contribution in [0.3, 0.4) is 0 Å². The van der Waals surface area contributed by atoms with Crippen molar-refractivity contribution in [3.05, 3.63) is 77.9 Å². The molecule has 3 aromatic carbocycles. The van der Waals surface area contributed by atoms with Gasteiger partial charge in [-0.25, -0.2) is 0 Å². The van der Waals surface area contributed by atoms with Gasteiger partial charge in [0.1, 0.15) is 24.4 Å². The predicted molar refractivity (Wildman–Crippen MR) is 166 cm³/mol. The minimum atomic E-state index is -0.788. The Morgan fingerprint density at radius 1 is 0.833 bits per heavy atom. The third kappa shape index (κ3) is 8.32. The van der Waals surface area contributed by atoms with Crippen LogP contribution in [0.1, 0.15) is 51.2 Å². The van der Waals surface area contributed by atoms with Crippen molar-refractivity contribution in [2.24, 2.45) is 5.92 Å². The fraction of sp³-hybridized carbons (Fsp3) is 0.441. The Morgan fingerprint density at radius 3 is 2.40 bits per heavy atom. The summed E-state index contributed by atoms with van der Waals surface area (Å²) >= 11 is 0. The molecular formula is C34H44N4O4. The van der Waals surface area contributed by atoms with Crippen molar-refractivity contribution in [3.63, 3.8) is 0 Å². The van der Waals surface area contributed by atoms with E-state index in [0.717, 1.165) is 46.9 Å². The zero-order chi connectivity index (χ0) is 29.9. The zero-order valence-electron chi connectivity index (χ0n) is 25.0. The summed E-state index contributed by atoms with van der Waals surface area (Å²) < 4.78 is 6.14. The van der Waals surface area contributed by atoms with Gasteiger partial charge in [0.05, 0.1) is 6.04 Å². The maximum atomic E-state index is 13.8. The molecule has 0 bridgehead atoms. The molecule has 4 rings (SSSR count). The van der Waals surface area contributed by atoms with E-state index in [1.807, 2.05) is 69.3 Å². The quantitative estimate of drug-likeness (QED) is 0.371. The fourth-order valence-electron chi connectivity index (χ4n) is 5.41. The molecule has 0 saturated heterocycles. The molecule has 1 aliphatic heterocycles. The van der Waals surface area contributed by atoms with E-state index in [-0.39, 0.29) is 23.6 Å². The van der Waals surface area contributed by atoms with Crippen LogP contribution >= 0.6 is 0 Å². The summed E-state index contributed by atoms with van der Waals surface area (Å²) in [7, 11) is 0. The average Bonchev–Trinajstić information content (AvgIpc) is 2.99. The van der Waals surface area contributed by atoms with Gasteiger partial charge in [0.15, 0.2) is 0 Å². The molecule has 0 aromatic heterocycles. The van der Waals surface area contributed by atoms with Crippen LogP contribution in [0, 0.1) is 5.92 Å². The summed E-state index contributed by atoms with van der Waals surface area (Å²) in [6, 6.07) is 20.1. The van der Waals surface area contributed by atoms with Gasteiger partial charge in [0.2, 0.25) is 17.7 Å². The number of amides is 3. The Hall–Kier alpha value is -3.91. The van der Waals surface area contributed by atoms with E-state index in [1.165, 1.54) is 0 Å². The van der Waals surface area contributed by atoms with E-state index in [0.29, 0.717) is 32.5 Å². The molecule has 1 aliphatic rings. The Labute approximate surface area is 249 Å². The maximum Gasteiger partial charge on any atom is 0.243 e. The number of benzene rings is 3. The van der Waals surface area contributed by atoms with Crippen molar-refractivity contribution < 1.29 is 19.1 Å². The zero-order valence-corrected chi connectivity index (χ0v) is 25.0. The van der Waals surface area contributed by atoms with Crippen LogP contribution in [0.5, 0.6) is 5.75 Å². The lowest BCUT2D eigenvalue weighted by molar-refractivity contribution is -0.133. The Balaban J connectivity index is 1.61. The van der Waals surface area contributed by atoms with Crippen molar-refractivity contribution in [1.82, 2.24) is 21.3 Å².